The van der Waals surface area contributed by atoms with Gasteiger partial charge in [-0.25, -0.2) is 0 Å². The minimum atomic E-state index is -0.464. The molecule has 2 heterocycles. The van der Waals surface area contributed by atoms with E-state index in [4.69, 9.17) is 0 Å². The van der Waals surface area contributed by atoms with Gasteiger partial charge in [-0.1, -0.05) is 6.42 Å². The van der Waals surface area contributed by atoms with E-state index in [-0.39, 0.29) is 11.5 Å². The third kappa shape index (κ3) is 3.26. The van der Waals surface area contributed by atoms with Crippen LogP contribution in [0.25, 0.3) is 0 Å². The van der Waals surface area contributed by atoms with E-state index < -0.39 is 4.92 Å². The zero-order valence-corrected chi connectivity index (χ0v) is 13.5. The summed E-state index contributed by atoms with van der Waals surface area (Å²) in [6.07, 6.45) is 4.19. The lowest BCUT2D eigenvalue weighted by molar-refractivity contribution is -0.387. The summed E-state index contributed by atoms with van der Waals surface area (Å²) in [5, 5.41) is 20.4. The van der Waals surface area contributed by atoms with Crippen molar-refractivity contribution in [3.05, 3.63) is 39.7 Å². The summed E-state index contributed by atoms with van der Waals surface area (Å²) in [5.41, 5.74) is 0.259. The molecule has 2 aromatic rings. The number of fused-ring (bicyclic) bond motifs is 1. The van der Waals surface area contributed by atoms with Crippen molar-refractivity contribution in [3.63, 3.8) is 0 Å². The smallest absolute Gasteiger partial charge is 0.284 e. The molecule has 0 N–H and O–H groups in total. The topological polar surface area (TPSA) is 90.9 Å². The van der Waals surface area contributed by atoms with Crippen molar-refractivity contribution in [3.8, 4) is 0 Å². The molecular weight excluding hydrogens is 316 g/mol. The fraction of sp³-hybridized carbons (Fsp3) is 0.400. The third-order valence-corrected chi connectivity index (χ3v) is 4.89. The van der Waals surface area contributed by atoms with E-state index in [1.165, 1.54) is 24.8 Å². The van der Waals surface area contributed by atoms with Gasteiger partial charge in [-0.05, 0) is 43.7 Å². The molecule has 0 amide bonds. The molecule has 0 bridgehead atoms. The van der Waals surface area contributed by atoms with Gasteiger partial charge in [0.05, 0.1) is 9.82 Å². The van der Waals surface area contributed by atoms with Gasteiger partial charge >= 0.3 is 0 Å². The molecule has 1 aromatic carbocycles. The Morgan fingerprint density at radius 3 is 2.87 bits per heavy atom. The highest BCUT2D eigenvalue weighted by Gasteiger charge is 2.21. The van der Waals surface area contributed by atoms with Crippen LogP contribution in [-0.2, 0) is 13.0 Å². The molecule has 120 valence electrons. The zero-order valence-electron chi connectivity index (χ0n) is 12.7. The van der Waals surface area contributed by atoms with E-state index in [1.807, 2.05) is 4.57 Å². The fourth-order valence-electron chi connectivity index (χ4n) is 2.60. The van der Waals surface area contributed by atoms with Gasteiger partial charge in [-0.3, -0.25) is 14.9 Å². The summed E-state index contributed by atoms with van der Waals surface area (Å²) >= 11 is 1.23. The van der Waals surface area contributed by atoms with Gasteiger partial charge in [-0.2, -0.15) is 0 Å². The van der Waals surface area contributed by atoms with Crippen LogP contribution in [0.2, 0.25) is 0 Å². The van der Waals surface area contributed by atoms with Crippen molar-refractivity contribution in [1.29, 1.82) is 0 Å². The standard InChI is InChI=1S/C15H16N4O3S/c1-10(20)11-6-7-13(12(9-11)19(21)22)23-15-17-16-14-5-3-2-4-8-18(14)15/h6-7,9H,2-5,8H2,1H3. The molecule has 0 atom stereocenters. The van der Waals surface area contributed by atoms with E-state index in [9.17, 15) is 14.9 Å². The Labute approximate surface area is 137 Å². The molecule has 0 unspecified atom stereocenters. The van der Waals surface area contributed by atoms with Crippen LogP contribution in [0.3, 0.4) is 0 Å². The molecule has 3 rings (SSSR count). The Bertz CT molecular complexity index is 772. The number of aryl methyl sites for hydroxylation is 1. The summed E-state index contributed by atoms with van der Waals surface area (Å²) < 4.78 is 2.04. The minimum Gasteiger partial charge on any atom is -0.306 e. The van der Waals surface area contributed by atoms with E-state index >= 15 is 0 Å². The van der Waals surface area contributed by atoms with Crippen molar-refractivity contribution in [2.75, 3.05) is 0 Å². The van der Waals surface area contributed by atoms with E-state index in [0.29, 0.717) is 15.6 Å². The SMILES string of the molecule is CC(=O)c1ccc(Sc2nnc3n2CCCCC3)c([N+](=O)[O-])c1. The third-order valence-electron chi connectivity index (χ3n) is 3.84. The number of Topliss-reactive ketones (excluding diaryl/α,β-unsaturated/α-hetero) is 1. The molecule has 0 radical (unpaired) electrons. The molecule has 0 saturated carbocycles. The van der Waals surface area contributed by atoms with Crippen molar-refractivity contribution in [2.24, 2.45) is 0 Å². The predicted octanol–water partition coefficient (Wildman–Crippen LogP) is 3.27. The van der Waals surface area contributed by atoms with Crippen LogP contribution in [0.4, 0.5) is 5.69 Å². The molecule has 0 fully saturated rings. The first-order chi connectivity index (χ1) is 11.1. The van der Waals surface area contributed by atoms with Crippen LogP contribution < -0.4 is 0 Å². The summed E-state index contributed by atoms with van der Waals surface area (Å²) in [5.74, 6) is 0.744. The fourth-order valence-corrected chi connectivity index (χ4v) is 3.56. The Balaban J connectivity index is 1.95. The van der Waals surface area contributed by atoms with E-state index in [2.05, 4.69) is 10.2 Å². The van der Waals surface area contributed by atoms with Crippen LogP contribution in [0.15, 0.2) is 28.3 Å². The molecule has 1 aromatic heterocycles. The number of carbonyl (C=O) groups is 1. The lowest BCUT2D eigenvalue weighted by Gasteiger charge is -2.07. The van der Waals surface area contributed by atoms with Gasteiger partial charge in [0.15, 0.2) is 10.9 Å². The number of nitro groups is 1. The molecule has 0 spiro atoms. The molecule has 8 heteroatoms. The largest absolute Gasteiger partial charge is 0.306 e. The second-order valence-electron chi connectivity index (χ2n) is 5.46. The quantitative estimate of drug-likeness (QED) is 0.485. The number of nitro benzene ring substituents is 1. The summed E-state index contributed by atoms with van der Waals surface area (Å²) in [6.45, 7) is 2.23. The zero-order chi connectivity index (χ0) is 16.4. The number of carbonyl (C=O) groups excluding carboxylic acids is 1. The molecule has 1 aliphatic heterocycles. The van der Waals surface area contributed by atoms with Crippen LogP contribution in [-0.4, -0.2) is 25.5 Å². The van der Waals surface area contributed by atoms with Crippen LogP contribution in [0, 0.1) is 10.1 Å². The van der Waals surface area contributed by atoms with E-state index in [1.54, 1.807) is 12.1 Å². The van der Waals surface area contributed by atoms with Crippen molar-refractivity contribution in [2.45, 2.75) is 49.2 Å². The molecular formula is C15H16N4O3S. The second-order valence-corrected chi connectivity index (χ2v) is 6.47. The Morgan fingerprint density at radius 1 is 1.30 bits per heavy atom. The molecule has 1 aliphatic rings. The molecule has 23 heavy (non-hydrogen) atoms. The average Bonchev–Trinajstić information content (AvgIpc) is 2.75. The number of benzene rings is 1. The average molecular weight is 332 g/mol. The van der Waals surface area contributed by atoms with Gasteiger partial charge in [-0.15, -0.1) is 10.2 Å². The molecule has 0 saturated heterocycles. The predicted molar refractivity (Wildman–Crippen MR) is 84.8 cm³/mol. The summed E-state index contributed by atoms with van der Waals surface area (Å²) in [4.78, 5) is 22.7. The second kappa shape index (κ2) is 6.49. The number of hydrogen-bond acceptors (Lipinski definition) is 6. The maximum Gasteiger partial charge on any atom is 0.284 e. The molecule has 0 aliphatic carbocycles. The van der Waals surface area contributed by atoms with Gasteiger partial charge < -0.3 is 4.57 Å². The summed E-state index contributed by atoms with van der Waals surface area (Å²) in [7, 11) is 0. The van der Waals surface area contributed by atoms with Crippen molar-refractivity contribution < 1.29 is 9.72 Å². The first-order valence-electron chi connectivity index (χ1n) is 7.45. The number of aromatic nitrogens is 3. The minimum absolute atomic E-state index is 0.0753. The van der Waals surface area contributed by atoms with Crippen molar-refractivity contribution >= 4 is 23.2 Å². The first kappa shape index (κ1) is 15.7. The Morgan fingerprint density at radius 2 is 2.13 bits per heavy atom. The van der Waals surface area contributed by atoms with Crippen molar-refractivity contribution in [1.82, 2.24) is 14.8 Å². The summed E-state index contributed by atoms with van der Waals surface area (Å²) in [6, 6.07) is 4.54. The monoisotopic (exact) mass is 332 g/mol. The maximum atomic E-state index is 11.4. The van der Waals surface area contributed by atoms with Gasteiger partial charge in [0.1, 0.15) is 5.82 Å². The lowest BCUT2D eigenvalue weighted by Crippen LogP contribution is -2.03. The van der Waals surface area contributed by atoms with E-state index in [0.717, 1.165) is 38.1 Å². The van der Waals surface area contributed by atoms with Crippen LogP contribution in [0.1, 0.15) is 42.4 Å². The Kier molecular flexibility index (Phi) is 4.42. The number of nitrogens with zero attached hydrogens (tertiary/aromatic N) is 4. The molecule has 7 nitrogen and oxygen atoms in total. The first-order valence-corrected chi connectivity index (χ1v) is 8.27. The Hall–Kier alpha value is -2.22. The van der Waals surface area contributed by atoms with Gasteiger partial charge in [0.2, 0.25) is 0 Å². The highest BCUT2D eigenvalue weighted by Crippen LogP contribution is 2.35. The van der Waals surface area contributed by atoms with Gasteiger partial charge in [0, 0.05) is 24.6 Å². The van der Waals surface area contributed by atoms with Crippen LogP contribution in [0.5, 0.6) is 0 Å². The highest BCUT2D eigenvalue weighted by molar-refractivity contribution is 7.99. The van der Waals surface area contributed by atoms with Gasteiger partial charge in [0.25, 0.3) is 5.69 Å². The number of ketones is 1. The maximum absolute atomic E-state index is 11.4. The number of rotatable bonds is 4. The number of hydrogen-bond donors (Lipinski definition) is 0. The normalized spacial score (nSPS) is 14.1. The lowest BCUT2D eigenvalue weighted by atomic mass is 10.1. The highest BCUT2D eigenvalue weighted by atomic mass is 32.2. The van der Waals surface area contributed by atoms with Crippen LogP contribution >= 0.6 is 11.8 Å².